The Hall–Kier alpha value is -1.19. The normalized spacial score (nSPS) is 19.4. The number of Topliss-reactive ketones (excluding diaryl/α,β-unsaturated/α-hetero) is 1. The second-order valence-electron chi connectivity index (χ2n) is 5.21. The van der Waals surface area contributed by atoms with Gasteiger partial charge in [-0.2, -0.15) is 0 Å². The minimum absolute atomic E-state index is 0.104. The smallest absolute Gasteiger partial charge is 0.164 e. The number of benzene rings is 1. The van der Waals surface area contributed by atoms with Gasteiger partial charge in [0.2, 0.25) is 0 Å². The highest BCUT2D eigenvalue weighted by Crippen LogP contribution is 2.30. The van der Waals surface area contributed by atoms with Crippen molar-refractivity contribution in [1.29, 1.82) is 0 Å². The monoisotopic (exact) mass is 276 g/mol. The van der Waals surface area contributed by atoms with E-state index in [1.165, 1.54) is 11.1 Å². The molecule has 0 aliphatic carbocycles. The summed E-state index contributed by atoms with van der Waals surface area (Å²) in [5.74, 6) is 0.162. The zero-order valence-electron chi connectivity index (χ0n) is 12.4. The first-order valence-electron chi connectivity index (χ1n) is 7.60. The highest BCUT2D eigenvalue weighted by molar-refractivity contribution is 5.83. The van der Waals surface area contributed by atoms with Crippen molar-refractivity contribution in [2.75, 3.05) is 13.2 Å². The van der Waals surface area contributed by atoms with E-state index < -0.39 is 0 Å². The fourth-order valence-corrected chi connectivity index (χ4v) is 2.76. The SMILES string of the molecule is CCCC(OCC)C(=O)CC1OCCc2ccccc21. The topological polar surface area (TPSA) is 35.5 Å². The van der Waals surface area contributed by atoms with Crippen molar-refractivity contribution in [3.8, 4) is 0 Å². The summed E-state index contributed by atoms with van der Waals surface area (Å²) in [5.41, 5.74) is 2.47. The van der Waals surface area contributed by atoms with Gasteiger partial charge in [-0.25, -0.2) is 0 Å². The Bertz CT molecular complexity index is 436. The molecule has 3 nitrogen and oxygen atoms in total. The molecule has 20 heavy (non-hydrogen) atoms. The van der Waals surface area contributed by atoms with Gasteiger partial charge < -0.3 is 9.47 Å². The molecule has 0 fully saturated rings. The lowest BCUT2D eigenvalue weighted by Crippen LogP contribution is -2.28. The fraction of sp³-hybridized carbons (Fsp3) is 0.588. The summed E-state index contributed by atoms with van der Waals surface area (Å²) >= 11 is 0. The van der Waals surface area contributed by atoms with Crippen molar-refractivity contribution in [3.05, 3.63) is 35.4 Å². The molecule has 0 spiro atoms. The molecule has 0 aromatic heterocycles. The van der Waals surface area contributed by atoms with Gasteiger partial charge in [-0.1, -0.05) is 37.6 Å². The predicted molar refractivity (Wildman–Crippen MR) is 78.8 cm³/mol. The van der Waals surface area contributed by atoms with Gasteiger partial charge in [-0.15, -0.1) is 0 Å². The molecule has 1 aliphatic heterocycles. The van der Waals surface area contributed by atoms with Crippen LogP contribution in [-0.4, -0.2) is 25.1 Å². The molecule has 0 radical (unpaired) electrons. The van der Waals surface area contributed by atoms with Crippen LogP contribution in [0.5, 0.6) is 0 Å². The third-order valence-electron chi connectivity index (χ3n) is 3.76. The molecule has 0 saturated carbocycles. The van der Waals surface area contributed by atoms with Crippen LogP contribution >= 0.6 is 0 Å². The van der Waals surface area contributed by atoms with Gasteiger partial charge in [0, 0.05) is 13.0 Å². The first-order valence-corrected chi connectivity index (χ1v) is 7.60. The summed E-state index contributed by atoms with van der Waals surface area (Å²) < 4.78 is 11.4. The van der Waals surface area contributed by atoms with E-state index in [0.29, 0.717) is 19.6 Å². The number of carbonyl (C=O) groups is 1. The van der Waals surface area contributed by atoms with Gasteiger partial charge in [0.15, 0.2) is 5.78 Å². The Labute approximate surface area is 121 Å². The van der Waals surface area contributed by atoms with E-state index in [0.717, 1.165) is 19.3 Å². The van der Waals surface area contributed by atoms with Crippen LogP contribution in [0.1, 0.15) is 50.3 Å². The molecule has 2 unspecified atom stereocenters. The largest absolute Gasteiger partial charge is 0.373 e. The Morgan fingerprint density at radius 1 is 1.40 bits per heavy atom. The van der Waals surface area contributed by atoms with E-state index in [9.17, 15) is 4.79 Å². The third-order valence-corrected chi connectivity index (χ3v) is 3.76. The molecule has 0 saturated heterocycles. The van der Waals surface area contributed by atoms with Crippen molar-refractivity contribution < 1.29 is 14.3 Å². The number of fused-ring (bicyclic) bond motifs is 1. The van der Waals surface area contributed by atoms with Crippen LogP contribution in [0.15, 0.2) is 24.3 Å². The number of hydrogen-bond donors (Lipinski definition) is 0. The minimum Gasteiger partial charge on any atom is -0.373 e. The molecular formula is C17H24O3. The number of hydrogen-bond acceptors (Lipinski definition) is 3. The van der Waals surface area contributed by atoms with Gasteiger partial charge in [0.25, 0.3) is 0 Å². The van der Waals surface area contributed by atoms with Crippen molar-refractivity contribution in [1.82, 2.24) is 0 Å². The van der Waals surface area contributed by atoms with E-state index >= 15 is 0 Å². The molecule has 0 amide bonds. The van der Waals surface area contributed by atoms with E-state index in [-0.39, 0.29) is 18.0 Å². The number of carbonyl (C=O) groups excluding carboxylic acids is 1. The van der Waals surface area contributed by atoms with Crippen LogP contribution in [0.2, 0.25) is 0 Å². The fourth-order valence-electron chi connectivity index (χ4n) is 2.76. The lowest BCUT2D eigenvalue weighted by atomic mass is 9.93. The Morgan fingerprint density at radius 2 is 2.20 bits per heavy atom. The van der Waals surface area contributed by atoms with Crippen molar-refractivity contribution >= 4 is 5.78 Å². The molecule has 3 heteroatoms. The van der Waals surface area contributed by atoms with Gasteiger partial charge >= 0.3 is 0 Å². The zero-order valence-corrected chi connectivity index (χ0v) is 12.4. The molecule has 0 bridgehead atoms. The summed E-state index contributed by atoms with van der Waals surface area (Å²) in [6.07, 6.45) is 2.72. The zero-order chi connectivity index (χ0) is 14.4. The Kier molecular flexibility index (Phi) is 5.74. The maximum absolute atomic E-state index is 12.4. The predicted octanol–water partition coefficient (Wildman–Crippen LogP) is 3.46. The minimum atomic E-state index is -0.275. The highest BCUT2D eigenvalue weighted by Gasteiger charge is 2.26. The van der Waals surface area contributed by atoms with Crippen LogP contribution in [-0.2, 0) is 20.7 Å². The maximum atomic E-state index is 12.4. The Morgan fingerprint density at radius 3 is 2.95 bits per heavy atom. The molecular weight excluding hydrogens is 252 g/mol. The molecule has 0 N–H and O–H groups in total. The third kappa shape index (κ3) is 3.68. The van der Waals surface area contributed by atoms with E-state index in [2.05, 4.69) is 19.1 Å². The second-order valence-corrected chi connectivity index (χ2v) is 5.21. The van der Waals surface area contributed by atoms with E-state index in [1.807, 2.05) is 19.1 Å². The lowest BCUT2D eigenvalue weighted by Gasteiger charge is -2.27. The van der Waals surface area contributed by atoms with E-state index in [1.54, 1.807) is 0 Å². The lowest BCUT2D eigenvalue weighted by molar-refractivity contribution is -0.134. The van der Waals surface area contributed by atoms with Crippen LogP contribution in [0.25, 0.3) is 0 Å². The number of rotatable bonds is 7. The van der Waals surface area contributed by atoms with Gasteiger partial charge in [0.1, 0.15) is 6.10 Å². The van der Waals surface area contributed by atoms with Crippen molar-refractivity contribution in [3.63, 3.8) is 0 Å². The van der Waals surface area contributed by atoms with Crippen LogP contribution in [0.3, 0.4) is 0 Å². The maximum Gasteiger partial charge on any atom is 0.164 e. The summed E-state index contributed by atoms with van der Waals surface area (Å²) in [4.78, 5) is 12.4. The number of ether oxygens (including phenoxy) is 2. The summed E-state index contributed by atoms with van der Waals surface area (Å²) in [5, 5.41) is 0. The Balaban J connectivity index is 2.04. The first-order chi connectivity index (χ1) is 9.76. The average Bonchev–Trinajstić information content (AvgIpc) is 2.47. The van der Waals surface area contributed by atoms with Crippen LogP contribution < -0.4 is 0 Å². The van der Waals surface area contributed by atoms with Crippen molar-refractivity contribution in [2.45, 2.75) is 51.7 Å². The van der Waals surface area contributed by atoms with Gasteiger partial charge in [-0.3, -0.25) is 4.79 Å². The van der Waals surface area contributed by atoms with E-state index in [4.69, 9.17) is 9.47 Å². The molecule has 2 atom stereocenters. The standard InChI is InChI=1S/C17H24O3/c1-3-7-16(19-4-2)15(18)12-17-14-9-6-5-8-13(14)10-11-20-17/h5-6,8-9,16-17H,3-4,7,10-12H2,1-2H3. The van der Waals surface area contributed by atoms with Gasteiger partial charge in [-0.05, 0) is 30.9 Å². The van der Waals surface area contributed by atoms with Gasteiger partial charge in [0.05, 0.1) is 12.7 Å². The molecule has 2 rings (SSSR count). The number of ketones is 1. The average molecular weight is 276 g/mol. The molecule has 1 aromatic carbocycles. The second kappa shape index (κ2) is 7.55. The quantitative estimate of drug-likeness (QED) is 0.765. The molecule has 1 aliphatic rings. The molecule has 110 valence electrons. The van der Waals surface area contributed by atoms with Crippen LogP contribution in [0, 0.1) is 0 Å². The summed E-state index contributed by atoms with van der Waals surface area (Å²) in [6.45, 7) is 5.29. The van der Waals surface area contributed by atoms with Crippen LogP contribution in [0.4, 0.5) is 0 Å². The molecule has 1 aromatic rings. The highest BCUT2D eigenvalue weighted by atomic mass is 16.5. The first kappa shape index (κ1) is 15.2. The molecule has 1 heterocycles. The summed E-state index contributed by atoms with van der Waals surface area (Å²) in [7, 11) is 0. The summed E-state index contributed by atoms with van der Waals surface area (Å²) in [6, 6.07) is 8.25. The van der Waals surface area contributed by atoms with Crippen molar-refractivity contribution in [2.24, 2.45) is 0 Å².